The van der Waals surface area contributed by atoms with Crippen LogP contribution in [0.4, 0.5) is 36.4 Å². The molecule has 2 aliphatic heterocycles. The van der Waals surface area contributed by atoms with E-state index in [0.29, 0.717) is 67.0 Å². The second-order valence-electron chi connectivity index (χ2n) is 14.4. The molecule has 1 aromatic heterocycles. The standard InChI is InChI=1S/C41H41F4N5O5.CHF3/c1-47-13-15-49(16-14-47)24-26-21-27(50-17-19-55-20-18-50)23-32(42)35(26)38(51)46-33(40(53)54)22-25-7-5-10-29-28(25)9-6-11-30(29)36-37(41(43,44)45)31-8-3-4-12-34(31)48(2)39(36)52;2-1(3)4/h3-12,21,23,33H,13-20,22,24H2,1-2H3,(H,46,51)(H,53,54);1H. The number of carbonyl (C=O) groups excluding carboxylic acids is 1. The predicted octanol–water partition coefficient (Wildman–Crippen LogP) is 6.70. The van der Waals surface area contributed by atoms with Crippen molar-refractivity contribution in [3.8, 4) is 11.1 Å². The van der Waals surface area contributed by atoms with Gasteiger partial charge in [0.05, 0.1) is 35.4 Å². The van der Waals surface area contributed by atoms with Gasteiger partial charge in [0.15, 0.2) is 0 Å². The molecule has 2 N–H and O–H groups in total. The van der Waals surface area contributed by atoms with Gasteiger partial charge in [0, 0.05) is 70.4 Å². The van der Waals surface area contributed by atoms with Crippen LogP contribution in [0.15, 0.2) is 77.6 Å². The summed E-state index contributed by atoms with van der Waals surface area (Å²) >= 11 is 0. The quantitative estimate of drug-likeness (QED) is 0.158. The summed E-state index contributed by atoms with van der Waals surface area (Å²) < 4.78 is 96.2. The van der Waals surface area contributed by atoms with Crippen LogP contribution in [0.3, 0.4) is 0 Å². The minimum atomic E-state index is -4.88. The molecule has 1 amide bonds. The Labute approximate surface area is 334 Å². The number of piperazine rings is 1. The first-order valence-corrected chi connectivity index (χ1v) is 18.8. The van der Waals surface area contributed by atoms with Gasteiger partial charge in [-0.1, -0.05) is 54.6 Å². The Morgan fingerprint density at radius 1 is 0.831 bits per heavy atom. The van der Waals surface area contributed by atoms with Gasteiger partial charge in [-0.15, -0.1) is 0 Å². The largest absolute Gasteiger partial charge is 0.480 e. The molecule has 314 valence electrons. The zero-order chi connectivity index (χ0) is 42.6. The lowest BCUT2D eigenvalue weighted by Crippen LogP contribution is -2.45. The van der Waals surface area contributed by atoms with E-state index in [1.165, 1.54) is 48.0 Å². The summed E-state index contributed by atoms with van der Waals surface area (Å²) in [6.07, 6.45) is -5.15. The van der Waals surface area contributed by atoms with Gasteiger partial charge in [-0.2, -0.15) is 26.3 Å². The van der Waals surface area contributed by atoms with Gasteiger partial charge in [0.2, 0.25) is 0 Å². The van der Waals surface area contributed by atoms with E-state index in [2.05, 4.69) is 15.1 Å². The third kappa shape index (κ3) is 9.69. The summed E-state index contributed by atoms with van der Waals surface area (Å²) in [5, 5.41) is 13.5. The molecule has 0 aliphatic carbocycles. The Balaban J connectivity index is 0.00000140. The number of aryl methyl sites for hydroxylation is 1. The van der Waals surface area contributed by atoms with E-state index in [0.717, 1.165) is 13.1 Å². The number of rotatable bonds is 9. The van der Waals surface area contributed by atoms with Crippen molar-refractivity contribution in [3.63, 3.8) is 0 Å². The van der Waals surface area contributed by atoms with E-state index in [-0.39, 0.29) is 35.0 Å². The molecule has 0 spiro atoms. The van der Waals surface area contributed by atoms with Crippen LogP contribution in [0.1, 0.15) is 27.0 Å². The number of pyridine rings is 1. The molecule has 7 rings (SSSR count). The van der Waals surface area contributed by atoms with E-state index in [1.54, 1.807) is 36.4 Å². The fourth-order valence-electron chi connectivity index (χ4n) is 7.74. The van der Waals surface area contributed by atoms with E-state index in [9.17, 15) is 45.8 Å². The van der Waals surface area contributed by atoms with Crippen molar-refractivity contribution in [2.24, 2.45) is 7.05 Å². The third-order valence-corrected chi connectivity index (χ3v) is 10.6. The summed E-state index contributed by atoms with van der Waals surface area (Å²) in [5.74, 6) is -3.05. The molecule has 5 aromatic rings. The second-order valence-corrected chi connectivity index (χ2v) is 14.4. The Morgan fingerprint density at radius 2 is 1.46 bits per heavy atom. The maximum Gasteiger partial charge on any atom is 0.417 e. The number of fused-ring (bicyclic) bond motifs is 2. The molecule has 4 aromatic carbocycles. The Hall–Kier alpha value is -5.52. The number of nitrogens with zero attached hydrogens (tertiary/aromatic N) is 4. The first kappa shape index (κ1) is 43.1. The van der Waals surface area contributed by atoms with Gasteiger partial charge in [-0.3, -0.25) is 14.5 Å². The minimum Gasteiger partial charge on any atom is -0.480 e. The molecule has 2 fully saturated rings. The normalized spacial score (nSPS) is 15.9. The lowest BCUT2D eigenvalue weighted by molar-refractivity contribution is -0.139. The number of para-hydroxylation sites is 1. The number of benzene rings is 4. The molecule has 10 nitrogen and oxygen atoms in total. The summed E-state index contributed by atoms with van der Waals surface area (Å²) in [5.41, 5.74) is -1.06. The predicted molar refractivity (Wildman–Crippen MR) is 209 cm³/mol. The average molecular weight is 830 g/mol. The summed E-state index contributed by atoms with van der Waals surface area (Å²) in [6.45, 7) is 1.70. The topological polar surface area (TPSA) is 107 Å². The highest BCUT2D eigenvalue weighted by molar-refractivity contribution is 6.02. The van der Waals surface area contributed by atoms with Crippen molar-refractivity contribution >= 4 is 39.2 Å². The van der Waals surface area contributed by atoms with Gasteiger partial charge in [0.1, 0.15) is 11.9 Å². The van der Waals surface area contributed by atoms with Gasteiger partial charge in [-0.05, 0) is 52.7 Å². The summed E-state index contributed by atoms with van der Waals surface area (Å²) in [7, 11) is 3.43. The highest BCUT2D eigenvalue weighted by Crippen LogP contribution is 2.42. The maximum atomic E-state index is 16.1. The average Bonchev–Trinajstić information content (AvgIpc) is 3.19. The number of morpholine rings is 1. The number of alkyl halides is 6. The zero-order valence-electron chi connectivity index (χ0n) is 32.2. The number of aromatic nitrogens is 1. The number of carboxylic acid groups (broad SMARTS) is 1. The fraction of sp³-hybridized carbons (Fsp3) is 0.357. The van der Waals surface area contributed by atoms with Crippen LogP contribution in [0.2, 0.25) is 0 Å². The number of anilines is 1. The number of carbonyl (C=O) groups is 2. The number of hydrogen-bond acceptors (Lipinski definition) is 7. The van der Waals surface area contributed by atoms with Gasteiger partial charge < -0.3 is 29.5 Å². The van der Waals surface area contributed by atoms with Gasteiger partial charge in [-0.25, -0.2) is 9.18 Å². The smallest absolute Gasteiger partial charge is 0.417 e. The van der Waals surface area contributed by atoms with Crippen molar-refractivity contribution < 1.29 is 50.2 Å². The summed E-state index contributed by atoms with van der Waals surface area (Å²) in [6, 6.07) is 16.7. The summed E-state index contributed by atoms with van der Waals surface area (Å²) in [4.78, 5) is 46.7. The number of likely N-dealkylation sites (N-methyl/N-ethyl adjacent to an activating group) is 1. The number of nitrogens with one attached hydrogen (secondary N) is 1. The molecule has 0 radical (unpaired) electrons. The van der Waals surface area contributed by atoms with Crippen molar-refractivity contribution in [1.29, 1.82) is 0 Å². The number of carboxylic acids is 1. The lowest BCUT2D eigenvalue weighted by atomic mass is 9.90. The molecule has 1 unspecified atom stereocenters. The van der Waals surface area contributed by atoms with Crippen LogP contribution in [0, 0.1) is 5.82 Å². The second kappa shape index (κ2) is 18.2. The third-order valence-electron chi connectivity index (χ3n) is 10.6. The molecule has 1 atom stereocenters. The molecule has 3 heterocycles. The Morgan fingerprint density at radius 3 is 2.12 bits per heavy atom. The number of amides is 1. The SMILES string of the molecule is CN1CCN(Cc2cc(N3CCOCC3)cc(F)c2C(=O)NC(Cc2cccc3c(-c4c(C(F)(F)F)c5ccccc5n(C)c4=O)cccc23)C(=O)O)CC1.FC(F)F. The van der Waals surface area contributed by atoms with Crippen LogP contribution in [-0.2, 0) is 35.7 Å². The van der Waals surface area contributed by atoms with E-state index in [4.69, 9.17) is 4.74 Å². The van der Waals surface area contributed by atoms with Crippen LogP contribution >= 0.6 is 0 Å². The number of hydrogen-bond donors (Lipinski definition) is 2. The number of halogens is 7. The molecule has 0 bridgehead atoms. The van der Waals surface area contributed by atoms with Crippen molar-refractivity contribution in [3.05, 3.63) is 111 Å². The monoisotopic (exact) mass is 829 g/mol. The highest BCUT2D eigenvalue weighted by Gasteiger charge is 2.38. The van der Waals surface area contributed by atoms with Crippen LogP contribution < -0.4 is 15.8 Å². The first-order chi connectivity index (χ1) is 28.0. The molecule has 0 saturated carbocycles. The van der Waals surface area contributed by atoms with Crippen molar-refractivity contribution in [1.82, 2.24) is 19.7 Å². The highest BCUT2D eigenvalue weighted by atomic mass is 19.4. The number of ether oxygens (including phenoxy) is 1. The molecular formula is C42H42F7N5O5. The van der Waals surface area contributed by atoms with Crippen LogP contribution in [0.5, 0.6) is 0 Å². The molecular weight excluding hydrogens is 787 g/mol. The van der Waals surface area contributed by atoms with Gasteiger partial charge in [0.25, 0.3) is 11.5 Å². The Bertz CT molecular complexity index is 2390. The van der Waals surface area contributed by atoms with E-state index >= 15 is 4.39 Å². The van der Waals surface area contributed by atoms with Crippen molar-refractivity contribution in [2.75, 3.05) is 64.4 Å². The molecule has 17 heteroatoms. The van der Waals surface area contributed by atoms with Crippen LogP contribution in [-0.4, -0.2) is 104 Å². The van der Waals surface area contributed by atoms with Gasteiger partial charge >= 0.3 is 18.8 Å². The number of aliphatic carboxylic acids is 1. The molecule has 2 saturated heterocycles. The van der Waals surface area contributed by atoms with Crippen LogP contribution in [0.25, 0.3) is 32.8 Å². The Kier molecular flexibility index (Phi) is 13.3. The first-order valence-electron chi connectivity index (χ1n) is 18.8. The van der Waals surface area contributed by atoms with E-state index in [1.807, 2.05) is 11.9 Å². The minimum absolute atomic E-state index is 0.0323. The fourth-order valence-corrected chi connectivity index (χ4v) is 7.74. The van der Waals surface area contributed by atoms with Crippen molar-refractivity contribution in [2.45, 2.75) is 31.9 Å². The van der Waals surface area contributed by atoms with E-state index < -0.39 is 53.3 Å². The molecule has 2 aliphatic rings. The zero-order valence-corrected chi connectivity index (χ0v) is 32.2. The maximum absolute atomic E-state index is 16.1. The lowest BCUT2D eigenvalue weighted by Gasteiger charge is -2.33. The molecule has 59 heavy (non-hydrogen) atoms.